The molecule has 1 aliphatic heterocycles. The monoisotopic (exact) mass is 548 g/mol. The van der Waals surface area contributed by atoms with Crippen LogP contribution in [0.1, 0.15) is 31.4 Å². The van der Waals surface area contributed by atoms with E-state index in [0.717, 1.165) is 18.7 Å². The predicted octanol–water partition coefficient (Wildman–Crippen LogP) is 1.92. The topological polar surface area (TPSA) is 108 Å². The smallest absolute Gasteiger partial charge is 0.242 e. The van der Waals surface area contributed by atoms with Gasteiger partial charge >= 0.3 is 0 Å². The van der Waals surface area contributed by atoms with Gasteiger partial charge in [0.2, 0.25) is 21.8 Å². The quantitative estimate of drug-likeness (QED) is 0.396. The first kappa shape index (κ1) is 29.7. The van der Waals surface area contributed by atoms with Gasteiger partial charge in [0.15, 0.2) is 0 Å². The Labute approximate surface area is 224 Å². The van der Waals surface area contributed by atoms with E-state index in [0.29, 0.717) is 44.8 Å². The molecule has 0 unspecified atom stereocenters. The molecular formula is C27H37FN4O5S. The van der Waals surface area contributed by atoms with Gasteiger partial charge in [0, 0.05) is 45.7 Å². The van der Waals surface area contributed by atoms with Gasteiger partial charge in [-0.05, 0) is 48.7 Å². The Morgan fingerprint density at radius 2 is 1.68 bits per heavy atom. The second kappa shape index (κ2) is 14.3. The van der Waals surface area contributed by atoms with Crippen LogP contribution in [0.3, 0.4) is 0 Å². The highest BCUT2D eigenvalue weighted by Crippen LogP contribution is 2.15. The van der Waals surface area contributed by atoms with Gasteiger partial charge < -0.3 is 15.0 Å². The number of rotatable bonds is 13. The maximum absolute atomic E-state index is 13.4. The standard InChI is InChI=1S/C27H37FN4O5S/c1-3-30-38(35,36)25-11-6-22(7-12-25)8-13-26(33)32(20-23-4-9-24(28)10-5-23)21(2)27(34)29-14-15-31-16-18-37-19-17-31/h4-7,9-12,21,30H,3,8,13-20H2,1-2H3,(H,29,34)/t21-/m1/s1. The van der Waals surface area contributed by atoms with Crippen molar-refractivity contribution in [1.82, 2.24) is 19.8 Å². The average Bonchev–Trinajstić information content (AvgIpc) is 2.91. The van der Waals surface area contributed by atoms with Crippen molar-refractivity contribution in [2.24, 2.45) is 0 Å². The van der Waals surface area contributed by atoms with Gasteiger partial charge in [-0.15, -0.1) is 0 Å². The van der Waals surface area contributed by atoms with E-state index in [4.69, 9.17) is 4.74 Å². The van der Waals surface area contributed by atoms with E-state index in [2.05, 4.69) is 14.9 Å². The van der Waals surface area contributed by atoms with Gasteiger partial charge in [-0.1, -0.05) is 31.2 Å². The van der Waals surface area contributed by atoms with Crippen LogP contribution in [-0.2, 0) is 37.3 Å². The van der Waals surface area contributed by atoms with Crippen LogP contribution in [0.5, 0.6) is 0 Å². The Hall–Kier alpha value is -2.86. The number of carbonyl (C=O) groups excluding carboxylic acids is 2. The summed E-state index contributed by atoms with van der Waals surface area (Å²) in [6.45, 7) is 8.02. The van der Waals surface area contributed by atoms with Crippen LogP contribution in [0, 0.1) is 5.82 Å². The molecule has 2 aromatic carbocycles. The molecule has 1 aliphatic rings. The van der Waals surface area contributed by atoms with Crippen molar-refractivity contribution in [3.05, 3.63) is 65.5 Å². The summed E-state index contributed by atoms with van der Waals surface area (Å²) < 4.78 is 45.5. The third-order valence-corrected chi connectivity index (χ3v) is 8.02. The van der Waals surface area contributed by atoms with E-state index >= 15 is 0 Å². The number of halogens is 1. The molecule has 3 rings (SSSR count). The van der Waals surface area contributed by atoms with Crippen molar-refractivity contribution in [3.8, 4) is 0 Å². The van der Waals surface area contributed by atoms with E-state index in [-0.39, 0.29) is 35.5 Å². The summed E-state index contributed by atoms with van der Waals surface area (Å²) in [6, 6.07) is 11.5. The van der Waals surface area contributed by atoms with Crippen LogP contribution < -0.4 is 10.0 Å². The summed E-state index contributed by atoms with van der Waals surface area (Å²) in [5.74, 6) is -0.860. The molecule has 11 heteroatoms. The molecule has 0 aromatic heterocycles. The Morgan fingerprint density at radius 1 is 1.05 bits per heavy atom. The average molecular weight is 549 g/mol. The van der Waals surface area contributed by atoms with Crippen LogP contribution in [-0.4, -0.2) is 82.0 Å². The van der Waals surface area contributed by atoms with E-state index in [1.165, 1.54) is 29.2 Å². The molecule has 0 spiro atoms. The molecule has 0 radical (unpaired) electrons. The van der Waals surface area contributed by atoms with Crippen molar-refractivity contribution < 1.29 is 27.1 Å². The van der Waals surface area contributed by atoms with Crippen molar-refractivity contribution in [3.63, 3.8) is 0 Å². The zero-order valence-electron chi connectivity index (χ0n) is 22.0. The van der Waals surface area contributed by atoms with Gasteiger partial charge in [0.1, 0.15) is 11.9 Å². The molecule has 2 amide bonds. The highest BCUT2D eigenvalue weighted by atomic mass is 32.2. The van der Waals surface area contributed by atoms with Crippen LogP contribution in [0.25, 0.3) is 0 Å². The fourth-order valence-corrected chi connectivity index (χ4v) is 5.22. The van der Waals surface area contributed by atoms with E-state index in [1.807, 2.05) is 0 Å². The lowest BCUT2D eigenvalue weighted by Crippen LogP contribution is -2.49. The second-order valence-corrected chi connectivity index (χ2v) is 11.0. The minimum Gasteiger partial charge on any atom is -0.379 e. The number of aryl methyl sites for hydroxylation is 1. The van der Waals surface area contributed by atoms with Crippen molar-refractivity contribution in [1.29, 1.82) is 0 Å². The number of benzene rings is 2. The molecule has 0 saturated carbocycles. The maximum Gasteiger partial charge on any atom is 0.242 e. The Balaban J connectivity index is 1.63. The molecule has 9 nitrogen and oxygen atoms in total. The summed E-state index contributed by atoms with van der Waals surface area (Å²) in [6.07, 6.45) is 0.511. The first-order chi connectivity index (χ1) is 18.2. The summed E-state index contributed by atoms with van der Waals surface area (Å²) in [7, 11) is -3.55. The number of sulfonamides is 1. The Morgan fingerprint density at radius 3 is 2.32 bits per heavy atom. The molecule has 2 N–H and O–H groups in total. The number of hydrogen-bond donors (Lipinski definition) is 2. The zero-order chi connectivity index (χ0) is 27.5. The van der Waals surface area contributed by atoms with Gasteiger partial charge in [-0.2, -0.15) is 0 Å². The third-order valence-electron chi connectivity index (χ3n) is 6.46. The van der Waals surface area contributed by atoms with Crippen molar-refractivity contribution in [2.75, 3.05) is 45.9 Å². The molecule has 0 aliphatic carbocycles. The Bertz CT molecular complexity index is 1150. The summed E-state index contributed by atoms with van der Waals surface area (Å²) in [5.41, 5.74) is 1.52. The summed E-state index contributed by atoms with van der Waals surface area (Å²) in [5, 5.41) is 2.93. The van der Waals surface area contributed by atoms with Gasteiger partial charge in [-0.3, -0.25) is 14.5 Å². The fourth-order valence-electron chi connectivity index (χ4n) is 4.18. The second-order valence-electron chi connectivity index (χ2n) is 9.21. The molecule has 2 aromatic rings. The first-order valence-corrected chi connectivity index (χ1v) is 14.4. The van der Waals surface area contributed by atoms with Crippen LogP contribution >= 0.6 is 0 Å². The highest BCUT2D eigenvalue weighted by molar-refractivity contribution is 7.89. The van der Waals surface area contributed by atoms with E-state index in [9.17, 15) is 22.4 Å². The minimum absolute atomic E-state index is 0.131. The fraction of sp³-hybridized carbons (Fsp3) is 0.481. The lowest BCUT2D eigenvalue weighted by atomic mass is 10.1. The lowest BCUT2D eigenvalue weighted by Gasteiger charge is -2.30. The molecule has 1 atom stereocenters. The Kier molecular flexibility index (Phi) is 11.2. The number of morpholine rings is 1. The minimum atomic E-state index is -3.55. The molecule has 1 saturated heterocycles. The molecule has 38 heavy (non-hydrogen) atoms. The molecule has 208 valence electrons. The number of hydrogen-bond acceptors (Lipinski definition) is 6. The molecule has 1 heterocycles. The number of nitrogens with zero attached hydrogens (tertiary/aromatic N) is 2. The number of nitrogens with one attached hydrogen (secondary N) is 2. The number of ether oxygens (including phenoxy) is 1. The normalized spacial score (nSPS) is 15.1. The number of amides is 2. The summed E-state index contributed by atoms with van der Waals surface area (Å²) >= 11 is 0. The molecule has 0 bridgehead atoms. The largest absolute Gasteiger partial charge is 0.379 e. The maximum atomic E-state index is 13.4. The summed E-state index contributed by atoms with van der Waals surface area (Å²) in [4.78, 5) is 30.1. The van der Waals surface area contributed by atoms with Crippen LogP contribution in [0.2, 0.25) is 0 Å². The number of carbonyl (C=O) groups is 2. The van der Waals surface area contributed by atoms with Crippen LogP contribution in [0.4, 0.5) is 4.39 Å². The third kappa shape index (κ3) is 8.87. The lowest BCUT2D eigenvalue weighted by molar-refractivity contribution is -0.140. The van der Waals surface area contributed by atoms with E-state index < -0.39 is 16.1 Å². The predicted molar refractivity (Wildman–Crippen MR) is 142 cm³/mol. The van der Waals surface area contributed by atoms with Crippen molar-refractivity contribution in [2.45, 2.75) is 44.2 Å². The zero-order valence-corrected chi connectivity index (χ0v) is 22.8. The van der Waals surface area contributed by atoms with Gasteiger partial charge in [0.05, 0.1) is 18.1 Å². The van der Waals surface area contributed by atoms with E-state index in [1.54, 1.807) is 38.1 Å². The molecule has 1 fully saturated rings. The highest BCUT2D eigenvalue weighted by Gasteiger charge is 2.26. The SMILES string of the molecule is CCNS(=O)(=O)c1ccc(CCC(=O)N(Cc2ccc(F)cc2)[C@H](C)C(=O)NCCN2CCOCC2)cc1. The van der Waals surface area contributed by atoms with Crippen molar-refractivity contribution >= 4 is 21.8 Å². The van der Waals surface area contributed by atoms with Crippen LogP contribution in [0.15, 0.2) is 53.4 Å². The van der Waals surface area contributed by atoms with Gasteiger partial charge in [0.25, 0.3) is 0 Å². The molecular weight excluding hydrogens is 511 g/mol. The first-order valence-electron chi connectivity index (χ1n) is 12.9. The van der Waals surface area contributed by atoms with Gasteiger partial charge in [-0.25, -0.2) is 17.5 Å².